The summed E-state index contributed by atoms with van der Waals surface area (Å²) >= 11 is 0. The molecule has 1 fully saturated rings. The molecule has 4 N–H and O–H groups in total. The van der Waals surface area contributed by atoms with Gasteiger partial charge in [0, 0.05) is 62.3 Å². The zero-order valence-corrected chi connectivity index (χ0v) is 19.9. The van der Waals surface area contributed by atoms with Crippen LogP contribution in [-0.2, 0) is 0 Å². The number of hydrogen-bond donors (Lipinski definition) is 3. The fourth-order valence-electron chi connectivity index (χ4n) is 4.16. The Labute approximate surface area is 210 Å². The van der Waals surface area contributed by atoms with Crippen LogP contribution in [0.4, 0.5) is 23.3 Å². The van der Waals surface area contributed by atoms with Crippen LogP contribution in [0.15, 0.2) is 79.0 Å². The third-order valence-corrected chi connectivity index (χ3v) is 6.00. The summed E-state index contributed by atoms with van der Waals surface area (Å²) in [6.45, 7) is 4.47. The molecule has 9 nitrogen and oxygen atoms in total. The SMILES string of the molecule is Nc1nc(Nc2ccc(Oc3ccnc(N4CCN(CCO)CC4)c3)cc2)cc(-c2ccccc2)n1. The number of β-amino-alcohol motifs (C(OH)–C–C–N with tert-alkyl or cyclic N) is 1. The number of aromatic nitrogens is 3. The molecular weight excluding hydrogens is 454 g/mol. The van der Waals surface area contributed by atoms with Gasteiger partial charge in [-0.3, -0.25) is 4.90 Å². The predicted octanol–water partition coefficient (Wildman–Crippen LogP) is 3.77. The molecule has 0 amide bonds. The number of nitrogens with one attached hydrogen (secondary N) is 1. The van der Waals surface area contributed by atoms with Crippen molar-refractivity contribution >= 4 is 23.3 Å². The van der Waals surface area contributed by atoms with Crippen LogP contribution in [0.1, 0.15) is 0 Å². The monoisotopic (exact) mass is 483 g/mol. The van der Waals surface area contributed by atoms with E-state index >= 15 is 0 Å². The van der Waals surface area contributed by atoms with Crippen molar-refractivity contribution in [2.45, 2.75) is 0 Å². The molecular formula is C27H29N7O2. The smallest absolute Gasteiger partial charge is 0.222 e. The van der Waals surface area contributed by atoms with Crippen LogP contribution < -0.4 is 20.7 Å². The number of nitrogens with zero attached hydrogens (tertiary/aromatic N) is 5. The van der Waals surface area contributed by atoms with Gasteiger partial charge in [-0.25, -0.2) is 9.97 Å². The molecule has 1 aliphatic heterocycles. The van der Waals surface area contributed by atoms with Gasteiger partial charge in [0.1, 0.15) is 23.1 Å². The summed E-state index contributed by atoms with van der Waals surface area (Å²) in [6.07, 6.45) is 1.77. The molecule has 184 valence electrons. The van der Waals surface area contributed by atoms with Crippen molar-refractivity contribution in [1.29, 1.82) is 0 Å². The lowest BCUT2D eigenvalue weighted by Gasteiger charge is -2.35. The van der Waals surface area contributed by atoms with E-state index in [1.165, 1.54) is 0 Å². The van der Waals surface area contributed by atoms with Crippen LogP contribution in [0.2, 0.25) is 0 Å². The van der Waals surface area contributed by atoms with Crippen molar-refractivity contribution in [3.8, 4) is 22.8 Å². The van der Waals surface area contributed by atoms with Crippen LogP contribution in [0, 0.1) is 0 Å². The number of anilines is 4. The molecule has 0 unspecified atom stereocenters. The fourth-order valence-corrected chi connectivity index (χ4v) is 4.16. The summed E-state index contributed by atoms with van der Waals surface area (Å²) in [5.74, 6) is 3.17. The van der Waals surface area contributed by atoms with Gasteiger partial charge in [0.2, 0.25) is 5.95 Å². The first-order chi connectivity index (χ1) is 17.7. The van der Waals surface area contributed by atoms with E-state index in [1.807, 2.05) is 72.8 Å². The number of benzene rings is 2. The molecule has 0 spiro atoms. The molecule has 36 heavy (non-hydrogen) atoms. The fraction of sp³-hybridized carbons (Fsp3) is 0.222. The van der Waals surface area contributed by atoms with Crippen LogP contribution >= 0.6 is 0 Å². The zero-order chi connectivity index (χ0) is 24.7. The maximum absolute atomic E-state index is 9.14. The van der Waals surface area contributed by atoms with Crippen molar-refractivity contribution in [2.75, 3.05) is 55.3 Å². The summed E-state index contributed by atoms with van der Waals surface area (Å²) in [6, 6.07) is 23.2. The van der Waals surface area contributed by atoms with Crippen molar-refractivity contribution in [2.24, 2.45) is 0 Å². The lowest BCUT2D eigenvalue weighted by atomic mass is 10.1. The number of ether oxygens (including phenoxy) is 1. The Bertz CT molecular complexity index is 1280. The van der Waals surface area contributed by atoms with Gasteiger partial charge in [-0.15, -0.1) is 0 Å². The third kappa shape index (κ3) is 5.88. The van der Waals surface area contributed by atoms with Crippen LogP contribution in [-0.4, -0.2) is 64.3 Å². The second kappa shape index (κ2) is 11.0. The standard InChI is InChI=1S/C27H29N7O2/c28-27-31-24(20-4-2-1-3-5-20)19-25(32-27)30-21-6-8-22(9-7-21)36-23-10-11-29-26(18-23)34-14-12-33(13-15-34)16-17-35/h1-11,18-19,35H,12-17H2,(H3,28,30,31,32). The molecule has 0 bridgehead atoms. The Morgan fingerprint density at radius 3 is 2.42 bits per heavy atom. The number of aliphatic hydroxyl groups is 1. The van der Waals surface area contributed by atoms with E-state index in [0.717, 1.165) is 60.4 Å². The van der Waals surface area contributed by atoms with Crippen LogP contribution in [0.5, 0.6) is 11.5 Å². The number of nitrogens with two attached hydrogens (primary N) is 1. The summed E-state index contributed by atoms with van der Waals surface area (Å²) in [4.78, 5) is 17.7. The number of rotatable bonds is 8. The average molecular weight is 484 g/mol. The topological polar surface area (TPSA) is 113 Å². The Kier molecular flexibility index (Phi) is 7.20. The number of nitrogen functional groups attached to an aromatic ring is 1. The first-order valence-corrected chi connectivity index (χ1v) is 12.0. The summed E-state index contributed by atoms with van der Waals surface area (Å²) in [5, 5.41) is 12.4. The van der Waals surface area contributed by atoms with Crippen LogP contribution in [0.25, 0.3) is 11.3 Å². The highest BCUT2D eigenvalue weighted by Crippen LogP contribution is 2.28. The van der Waals surface area contributed by atoms with Gasteiger partial charge in [-0.2, -0.15) is 4.98 Å². The van der Waals surface area contributed by atoms with Crippen LogP contribution in [0.3, 0.4) is 0 Å². The second-order valence-corrected chi connectivity index (χ2v) is 8.52. The van der Waals surface area contributed by atoms with Crippen molar-refractivity contribution in [3.05, 3.63) is 79.0 Å². The number of pyridine rings is 1. The van der Waals surface area contributed by atoms with E-state index in [0.29, 0.717) is 12.4 Å². The minimum absolute atomic E-state index is 0.192. The summed E-state index contributed by atoms with van der Waals surface area (Å²) in [7, 11) is 0. The molecule has 4 aromatic rings. The van der Waals surface area contributed by atoms with Gasteiger partial charge >= 0.3 is 0 Å². The molecule has 1 saturated heterocycles. The first-order valence-electron chi connectivity index (χ1n) is 12.0. The van der Waals surface area contributed by atoms with E-state index in [2.05, 4.69) is 30.1 Å². The molecule has 9 heteroatoms. The Balaban J connectivity index is 1.23. The molecule has 0 saturated carbocycles. The third-order valence-electron chi connectivity index (χ3n) is 6.00. The van der Waals surface area contributed by atoms with Crippen molar-refractivity contribution < 1.29 is 9.84 Å². The molecule has 2 aromatic heterocycles. The van der Waals surface area contributed by atoms with Gasteiger partial charge in [-0.1, -0.05) is 30.3 Å². The lowest BCUT2D eigenvalue weighted by Crippen LogP contribution is -2.47. The quantitative estimate of drug-likeness (QED) is 0.345. The van der Waals surface area contributed by atoms with Crippen molar-refractivity contribution in [1.82, 2.24) is 19.9 Å². The molecule has 0 radical (unpaired) electrons. The number of aliphatic hydroxyl groups excluding tert-OH is 1. The van der Waals surface area contributed by atoms with Gasteiger partial charge in [-0.05, 0) is 30.3 Å². The second-order valence-electron chi connectivity index (χ2n) is 8.52. The molecule has 3 heterocycles. The Morgan fingerprint density at radius 2 is 1.67 bits per heavy atom. The van der Waals surface area contributed by atoms with Gasteiger partial charge in [0.05, 0.1) is 12.3 Å². The largest absolute Gasteiger partial charge is 0.457 e. The Morgan fingerprint density at radius 1 is 0.889 bits per heavy atom. The highest BCUT2D eigenvalue weighted by molar-refractivity contribution is 5.67. The minimum atomic E-state index is 0.192. The van der Waals surface area contributed by atoms with Gasteiger partial charge in [0.25, 0.3) is 0 Å². The summed E-state index contributed by atoms with van der Waals surface area (Å²) < 4.78 is 6.09. The highest BCUT2D eigenvalue weighted by Gasteiger charge is 2.18. The normalized spacial score (nSPS) is 14.0. The van der Waals surface area contributed by atoms with E-state index in [-0.39, 0.29) is 12.6 Å². The van der Waals surface area contributed by atoms with E-state index in [9.17, 15) is 0 Å². The molecule has 5 rings (SSSR count). The Hall–Kier alpha value is -4.21. The van der Waals surface area contributed by atoms with E-state index in [1.54, 1.807) is 6.20 Å². The number of hydrogen-bond acceptors (Lipinski definition) is 9. The zero-order valence-electron chi connectivity index (χ0n) is 19.9. The lowest BCUT2D eigenvalue weighted by molar-refractivity contribution is 0.188. The molecule has 0 aliphatic carbocycles. The van der Waals surface area contributed by atoms with Crippen molar-refractivity contribution in [3.63, 3.8) is 0 Å². The van der Waals surface area contributed by atoms with Gasteiger partial charge in [0.15, 0.2) is 0 Å². The predicted molar refractivity (Wildman–Crippen MR) is 142 cm³/mol. The highest BCUT2D eigenvalue weighted by atomic mass is 16.5. The molecule has 2 aromatic carbocycles. The molecule has 1 aliphatic rings. The number of piperazine rings is 1. The first kappa shape index (κ1) is 23.5. The van der Waals surface area contributed by atoms with E-state index in [4.69, 9.17) is 15.6 Å². The minimum Gasteiger partial charge on any atom is -0.457 e. The average Bonchev–Trinajstić information content (AvgIpc) is 2.91. The van der Waals surface area contributed by atoms with Gasteiger partial charge < -0.3 is 25.8 Å². The maximum Gasteiger partial charge on any atom is 0.222 e. The van der Waals surface area contributed by atoms with E-state index < -0.39 is 0 Å². The molecule has 0 atom stereocenters. The maximum atomic E-state index is 9.14. The summed E-state index contributed by atoms with van der Waals surface area (Å²) in [5.41, 5.74) is 8.53.